The zero-order valence-electron chi connectivity index (χ0n) is 9.34. The fourth-order valence-corrected chi connectivity index (χ4v) is 2.43. The Morgan fingerprint density at radius 1 is 1.57 bits per heavy atom. The van der Waals surface area contributed by atoms with Crippen LogP contribution in [0, 0.1) is 17.2 Å². The molecule has 0 aromatic rings. The minimum absolute atomic E-state index is 0.319. The van der Waals surface area contributed by atoms with Crippen LogP contribution in [-0.4, -0.2) is 23.1 Å². The number of hydrogen-bond donors (Lipinski definition) is 1. The second-order valence-corrected chi connectivity index (χ2v) is 5.80. The van der Waals surface area contributed by atoms with Gasteiger partial charge < -0.3 is 0 Å². The van der Waals surface area contributed by atoms with Gasteiger partial charge in [0.25, 0.3) is 0 Å². The van der Waals surface area contributed by atoms with Crippen molar-refractivity contribution >= 4 is 11.8 Å². The van der Waals surface area contributed by atoms with E-state index < -0.39 is 0 Å². The zero-order valence-corrected chi connectivity index (χ0v) is 10.2. The summed E-state index contributed by atoms with van der Waals surface area (Å²) < 4.78 is 0. The molecule has 1 saturated carbocycles. The van der Waals surface area contributed by atoms with Crippen LogP contribution < -0.4 is 5.32 Å². The number of nitrogens with one attached hydrogen (secondary N) is 1. The molecule has 0 bridgehead atoms. The van der Waals surface area contributed by atoms with E-state index in [0.29, 0.717) is 12.0 Å². The van der Waals surface area contributed by atoms with Crippen molar-refractivity contribution in [3.8, 4) is 6.07 Å². The van der Waals surface area contributed by atoms with Gasteiger partial charge in [-0.3, -0.25) is 5.32 Å². The third kappa shape index (κ3) is 4.34. The highest BCUT2D eigenvalue weighted by atomic mass is 32.2. The van der Waals surface area contributed by atoms with Crippen LogP contribution >= 0.6 is 11.8 Å². The summed E-state index contributed by atoms with van der Waals surface area (Å²) in [5, 5.41) is 12.5. The number of nitrogens with zero attached hydrogens (tertiary/aromatic N) is 1. The second-order valence-electron chi connectivity index (χ2n) is 4.77. The Morgan fingerprint density at radius 2 is 2.21 bits per heavy atom. The van der Waals surface area contributed by atoms with Crippen molar-refractivity contribution in [2.75, 3.05) is 11.5 Å². The van der Waals surface area contributed by atoms with E-state index >= 15 is 0 Å². The predicted molar refractivity (Wildman–Crippen MR) is 62.3 cm³/mol. The van der Waals surface area contributed by atoms with Gasteiger partial charge in [-0.15, -0.1) is 0 Å². The molecule has 0 heterocycles. The molecule has 1 atom stereocenters. The van der Waals surface area contributed by atoms with Crippen LogP contribution in [0.25, 0.3) is 0 Å². The Morgan fingerprint density at radius 3 is 2.64 bits per heavy atom. The third-order valence-electron chi connectivity index (χ3n) is 2.19. The lowest BCUT2D eigenvalue weighted by Crippen LogP contribution is -2.44. The summed E-state index contributed by atoms with van der Waals surface area (Å²) in [6.45, 7) is 6.44. The molecule has 1 rings (SSSR count). The first kappa shape index (κ1) is 11.9. The lowest BCUT2D eigenvalue weighted by Gasteiger charge is -2.23. The van der Waals surface area contributed by atoms with E-state index in [0.717, 1.165) is 11.5 Å². The van der Waals surface area contributed by atoms with E-state index in [1.165, 1.54) is 12.8 Å². The van der Waals surface area contributed by atoms with Crippen LogP contribution in [0.5, 0.6) is 0 Å². The van der Waals surface area contributed by atoms with E-state index in [-0.39, 0.29) is 5.54 Å². The lowest BCUT2D eigenvalue weighted by molar-refractivity contribution is 0.490. The quantitative estimate of drug-likeness (QED) is 0.734. The summed E-state index contributed by atoms with van der Waals surface area (Å²) in [5.74, 6) is 2.76. The molecular formula is C11H20N2S. The maximum Gasteiger partial charge on any atom is 0.113 e. The first-order valence-corrected chi connectivity index (χ1v) is 6.48. The summed E-state index contributed by atoms with van der Waals surface area (Å²) in [7, 11) is 0. The van der Waals surface area contributed by atoms with Gasteiger partial charge in [0.1, 0.15) is 5.54 Å². The summed E-state index contributed by atoms with van der Waals surface area (Å²) in [6, 6.07) is 3.00. The Labute approximate surface area is 91.4 Å². The van der Waals surface area contributed by atoms with Gasteiger partial charge in [0.2, 0.25) is 0 Å². The van der Waals surface area contributed by atoms with Gasteiger partial charge in [0.05, 0.1) is 6.07 Å². The molecule has 0 aliphatic heterocycles. The Kier molecular flexibility index (Phi) is 4.28. The Balaban J connectivity index is 2.25. The van der Waals surface area contributed by atoms with Crippen LogP contribution in [-0.2, 0) is 0 Å². The van der Waals surface area contributed by atoms with Crippen molar-refractivity contribution in [1.29, 1.82) is 5.26 Å². The summed E-state index contributed by atoms with van der Waals surface area (Å²) in [6.07, 6.45) is 2.48. The Bertz CT molecular complexity index is 218. The second kappa shape index (κ2) is 5.04. The topological polar surface area (TPSA) is 35.8 Å². The van der Waals surface area contributed by atoms with E-state index in [1.54, 1.807) is 0 Å². The van der Waals surface area contributed by atoms with Crippen molar-refractivity contribution in [1.82, 2.24) is 5.32 Å². The molecule has 0 radical (unpaired) electrons. The third-order valence-corrected chi connectivity index (χ3v) is 3.87. The maximum absolute atomic E-state index is 9.10. The van der Waals surface area contributed by atoms with Crippen molar-refractivity contribution in [2.45, 2.75) is 45.2 Å². The van der Waals surface area contributed by atoms with Crippen molar-refractivity contribution in [3.05, 3.63) is 0 Å². The van der Waals surface area contributed by atoms with Gasteiger partial charge >= 0.3 is 0 Å². The number of rotatable bonds is 6. The summed E-state index contributed by atoms with van der Waals surface area (Å²) >= 11 is 1.88. The molecule has 1 unspecified atom stereocenters. The highest BCUT2D eigenvalue weighted by molar-refractivity contribution is 7.99. The van der Waals surface area contributed by atoms with E-state index in [4.69, 9.17) is 5.26 Å². The molecule has 0 amide bonds. The van der Waals surface area contributed by atoms with Gasteiger partial charge in [0, 0.05) is 11.8 Å². The van der Waals surface area contributed by atoms with E-state index in [2.05, 4.69) is 25.2 Å². The fourth-order valence-electron chi connectivity index (χ4n) is 1.28. The molecular weight excluding hydrogens is 192 g/mol. The molecule has 80 valence electrons. The highest BCUT2D eigenvalue weighted by Crippen LogP contribution is 2.24. The monoisotopic (exact) mass is 212 g/mol. The summed E-state index contributed by atoms with van der Waals surface area (Å²) in [4.78, 5) is 0. The van der Waals surface area contributed by atoms with E-state index in [1.807, 2.05) is 18.7 Å². The molecule has 2 nitrogen and oxygen atoms in total. The van der Waals surface area contributed by atoms with Crippen LogP contribution in [0.3, 0.4) is 0 Å². The largest absolute Gasteiger partial charge is 0.296 e. The van der Waals surface area contributed by atoms with Gasteiger partial charge in [-0.05, 0) is 31.4 Å². The lowest BCUT2D eigenvalue weighted by atomic mass is 10.1. The molecule has 0 spiro atoms. The molecule has 1 aliphatic rings. The van der Waals surface area contributed by atoms with Crippen LogP contribution in [0.15, 0.2) is 0 Å². The van der Waals surface area contributed by atoms with Crippen LogP contribution in [0.1, 0.15) is 33.6 Å². The molecule has 14 heavy (non-hydrogen) atoms. The summed E-state index contributed by atoms with van der Waals surface area (Å²) in [5.41, 5.74) is -0.319. The maximum atomic E-state index is 9.10. The SMILES string of the molecule is CC(C)CSCC(C)(C#N)NC1CC1. The van der Waals surface area contributed by atoms with Crippen LogP contribution in [0.4, 0.5) is 0 Å². The van der Waals surface area contributed by atoms with E-state index in [9.17, 15) is 0 Å². The average molecular weight is 212 g/mol. The number of hydrogen-bond acceptors (Lipinski definition) is 3. The molecule has 1 N–H and O–H groups in total. The average Bonchev–Trinajstić information content (AvgIpc) is 2.87. The minimum atomic E-state index is -0.319. The van der Waals surface area contributed by atoms with Crippen molar-refractivity contribution in [3.63, 3.8) is 0 Å². The standard InChI is InChI=1S/C11H20N2S/c1-9(2)6-14-8-11(3,7-12)13-10-4-5-10/h9-10,13H,4-6,8H2,1-3H3. The first-order valence-electron chi connectivity index (χ1n) is 5.32. The van der Waals surface area contributed by atoms with Gasteiger partial charge in [-0.1, -0.05) is 13.8 Å². The fraction of sp³-hybridized carbons (Fsp3) is 0.909. The van der Waals surface area contributed by atoms with Crippen molar-refractivity contribution < 1.29 is 0 Å². The van der Waals surface area contributed by atoms with Crippen LogP contribution in [0.2, 0.25) is 0 Å². The first-order chi connectivity index (χ1) is 6.56. The molecule has 1 fully saturated rings. The van der Waals surface area contributed by atoms with Crippen molar-refractivity contribution in [2.24, 2.45) is 5.92 Å². The molecule has 1 aliphatic carbocycles. The Hall–Kier alpha value is -0.200. The number of thioether (sulfide) groups is 1. The molecule has 0 aromatic carbocycles. The zero-order chi connectivity index (χ0) is 10.6. The van der Waals surface area contributed by atoms with Gasteiger partial charge in [0.15, 0.2) is 0 Å². The molecule has 3 heteroatoms. The van der Waals surface area contributed by atoms with Gasteiger partial charge in [-0.2, -0.15) is 17.0 Å². The predicted octanol–water partition coefficient (Wildman–Crippen LogP) is 2.41. The van der Waals surface area contributed by atoms with Gasteiger partial charge in [-0.25, -0.2) is 0 Å². The molecule has 0 saturated heterocycles. The number of nitriles is 1. The molecule has 0 aromatic heterocycles. The normalized spacial score (nSPS) is 20.5. The smallest absolute Gasteiger partial charge is 0.113 e. The highest BCUT2D eigenvalue weighted by Gasteiger charge is 2.32. The minimum Gasteiger partial charge on any atom is -0.296 e.